The largest absolute Gasteiger partial charge is 0.482 e. The second-order valence-electron chi connectivity index (χ2n) is 5.86. The number of halogens is 1. The predicted octanol–water partition coefficient (Wildman–Crippen LogP) is 1.52. The lowest BCUT2D eigenvalue weighted by Crippen LogP contribution is -2.51. The number of carbonyl (C=O) groups excluding carboxylic acids is 1. The summed E-state index contributed by atoms with van der Waals surface area (Å²) in [5.74, 6) is 0.245. The lowest BCUT2D eigenvalue weighted by molar-refractivity contribution is -0.151. The van der Waals surface area contributed by atoms with E-state index in [2.05, 4.69) is 0 Å². The Labute approximate surface area is 141 Å². The summed E-state index contributed by atoms with van der Waals surface area (Å²) in [6.45, 7) is 1.71. The Balaban J connectivity index is 2.06. The van der Waals surface area contributed by atoms with Crippen LogP contribution in [-0.4, -0.2) is 62.6 Å². The van der Waals surface area contributed by atoms with Crippen LogP contribution in [0.15, 0.2) is 18.2 Å². The van der Waals surface area contributed by atoms with Crippen molar-refractivity contribution in [3.05, 3.63) is 28.8 Å². The monoisotopic (exact) mass is 360 g/mol. The number of nitrogens with zero attached hydrogens (tertiary/aromatic N) is 2. The molecule has 0 spiro atoms. The van der Waals surface area contributed by atoms with Gasteiger partial charge in [-0.3, -0.25) is 9.80 Å². The number of amides is 1. The zero-order valence-corrected chi connectivity index (χ0v) is 15.0. The number of hydrazine groups is 1. The molecule has 0 radical (unpaired) electrons. The highest BCUT2D eigenvalue weighted by molar-refractivity contribution is 7.91. The minimum atomic E-state index is -3.07. The Morgan fingerprint density at radius 2 is 2.09 bits per heavy atom. The Kier molecular flexibility index (Phi) is 5.54. The van der Waals surface area contributed by atoms with Crippen LogP contribution >= 0.6 is 11.6 Å². The highest BCUT2D eigenvalue weighted by atomic mass is 35.5. The summed E-state index contributed by atoms with van der Waals surface area (Å²) in [4.78, 5) is 12.5. The molecular formula is C15H21ClN2O4S. The van der Waals surface area contributed by atoms with Gasteiger partial charge in [-0.25, -0.2) is 13.4 Å². The molecule has 0 saturated carbocycles. The molecule has 128 valence electrons. The molecule has 1 atom stereocenters. The molecule has 1 aromatic carbocycles. The summed E-state index contributed by atoms with van der Waals surface area (Å²) in [6, 6.07) is 4.98. The molecule has 23 heavy (non-hydrogen) atoms. The summed E-state index contributed by atoms with van der Waals surface area (Å²) < 4.78 is 28.8. The maximum atomic E-state index is 12.5. The van der Waals surface area contributed by atoms with Gasteiger partial charge in [0.2, 0.25) is 0 Å². The Morgan fingerprint density at radius 3 is 2.65 bits per heavy atom. The zero-order chi connectivity index (χ0) is 17.2. The summed E-state index contributed by atoms with van der Waals surface area (Å²) in [6.07, 6.45) is 0.442. The quantitative estimate of drug-likeness (QED) is 0.745. The van der Waals surface area contributed by atoms with Crippen LogP contribution in [0.4, 0.5) is 0 Å². The molecule has 0 aliphatic carbocycles. The van der Waals surface area contributed by atoms with Gasteiger partial charge in [-0.2, -0.15) is 0 Å². The molecule has 8 heteroatoms. The van der Waals surface area contributed by atoms with Crippen LogP contribution in [0.1, 0.15) is 12.0 Å². The summed E-state index contributed by atoms with van der Waals surface area (Å²) in [7, 11) is 0.352. The van der Waals surface area contributed by atoms with Crippen LogP contribution in [0.2, 0.25) is 5.02 Å². The van der Waals surface area contributed by atoms with E-state index in [9.17, 15) is 13.2 Å². The average Bonchev–Trinajstić information content (AvgIpc) is 2.79. The van der Waals surface area contributed by atoms with Crippen LogP contribution in [0.25, 0.3) is 0 Å². The van der Waals surface area contributed by atoms with Gasteiger partial charge in [-0.15, -0.1) is 0 Å². The van der Waals surface area contributed by atoms with Gasteiger partial charge in [0.25, 0.3) is 5.91 Å². The van der Waals surface area contributed by atoms with Gasteiger partial charge >= 0.3 is 0 Å². The number of rotatable bonds is 5. The Bertz CT molecular complexity index is 691. The fourth-order valence-corrected chi connectivity index (χ4v) is 4.51. The van der Waals surface area contributed by atoms with Crippen LogP contribution in [0.3, 0.4) is 0 Å². The molecule has 6 nitrogen and oxygen atoms in total. The summed E-state index contributed by atoms with van der Waals surface area (Å²) >= 11 is 6.05. The van der Waals surface area contributed by atoms with Gasteiger partial charge in [0, 0.05) is 14.1 Å². The van der Waals surface area contributed by atoms with E-state index < -0.39 is 9.84 Å². The molecule has 0 bridgehead atoms. The molecular weight excluding hydrogens is 340 g/mol. The van der Waals surface area contributed by atoms with Crippen LogP contribution in [0, 0.1) is 6.92 Å². The highest BCUT2D eigenvalue weighted by Crippen LogP contribution is 2.25. The van der Waals surface area contributed by atoms with Crippen LogP contribution in [0.5, 0.6) is 5.75 Å². The second kappa shape index (κ2) is 7.07. The van der Waals surface area contributed by atoms with Gasteiger partial charge in [-0.05, 0) is 31.0 Å². The van der Waals surface area contributed by atoms with E-state index in [1.807, 2.05) is 13.0 Å². The molecule has 0 N–H and O–H groups in total. The van der Waals surface area contributed by atoms with E-state index in [1.165, 1.54) is 5.01 Å². The molecule has 1 saturated heterocycles. The number of aryl methyl sites for hydroxylation is 1. The minimum Gasteiger partial charge on any atom is -0.482 e. The second-order valence-corrected chi connectivity index (χ2v) is 8.50. The average molecular weight is 361 g/mol. The maximum Gasteiger partial charge on any atom is 0.275 e. The van der Waals surface area contributed by atoms with Gasteiger partial charge in [0.1, 0.15) is 5.75 Å². The van der Waals surface area contributed by atoms with E-state index >= 15 is 0 Å². The Hall–Kier alpha value is -1.31. The molecule has 1 fully saturated rings. The Morgan fingerprint density at radius 1 is 1.39 bits per heavy atom. The molecule has 1 heterocycles. The number of sulfone groups is 1. The van der Waals surface area contributed by atoms with Crippen LogP contribution < -0.4 is 4.74 Å². The third kappa shape index (κ3) is 4.59. The van der Waals surface area contributed by atoms with Gasteiger partial charge in [0.15, 0.2) is 16.4 Å². The van der Waals surface area contributed by atoms with E-state index in [0.29, 0.717) is 17.2 Å². The third-order valence-electron chi connectivity index (χ3n) is 3.68. The molecule has 1 aliphatic heterocycles. The fraction of sp³-hybridized carbons (Fsp3) is 0.533. The first kappa shape index (κ1) is 18.0. The van der Waals surface area contributed by atoms with Gasteiger partial charge < -0.3 is 4.74 Å². The van der Waals surface area contributed by atoms with Crippen molar-refractivity contribution in [3.63, 3.8) is 0 Å². The molecule has 1 amide bonds. The topological polar surface area (TPSA) is 66.9 Å². The van der Waals surface area contributed by atoms with Crippen molar-refractivity contribution in [2.45, 2.75) is 19.4 Å². The van der Waals surface area contributed by atoms with Crippen molar-refractivity contribution < 1.29 is 17.9 Å². The SMILES string of the molecule is Cc1ccc(Cl)c(OCC(=O)N(C2CCS(=O)(=O)C2)N(C)C)c1. The zero-order valence-electron chi connectivity index (χ0n) is 13.5. The van der Waals surface area contributed by atoms with E-state index in [4.69, 9.17) is 16.3 Å². The first-order chi connectivity index (χ1) is 10.7. The molecule has 1 aliphatic rings. The van der Waals surface area contributed by atoms with Crippen molar-refractivity contribution in [2.24, 2.45) is 0 Å². The van der Waals surface area contributed by atoms with Crippen molar-refractivity contribution in [2.75, 3.05) is 32.2 Å². The smallest absolute Gasteiger partial charge is 0.275 e. The van der Waals surface area contributed by atoms with Gasteiger partial charge in [0.05, 0.1) is 22.6 Å². The highest BCUT2D eigenvalue weighted by Gasteiger charge is 2.36. The molecule has 0 aromatic heterocycles. The first-order valence-electron chi connectivity index (χ1n) is 7.28. The van der Waals surface area contributed by atoms with Crippen LogP contribution in [-0.2, 0) is 14.6 Å². The molecule has 1 aromatic rings. The van der Waals surface area contributed by atoms with Crippen molar-refractivity contribution in [1.82, 2.24) is 10.0 Å². The molecule has 2 rings (SSSR count). The summed E-state index contributed by atoms with van der Waals surface area (Å²) in [5.41, 5.74) is 0.975. The standard InChI is InChI=1S/C15H21ClN2O4S/c1-11-4-5-13(16)14(8-11)22-9-15(19)18(17(2)3)12-6-7-23(20,21)10-12/h4-5,8,12H,6-7,9-10H2,1-3H3. The number of hydrogen-bond acceptors (Lipinski definition) is 5. The first-order valence-corrected chi connectivity index (χ1v) is 9.48. The van der Waals surface area contributed by atoms with Gasteiger partial charge in [-0.1, -0.05) is 17.7 Å². The number of hydrogen-bond donors (Lipinski definition) is 0. The molecule has 1 unspecified atom stereocenters. The van der Waals surface area contributed by atoms with E-state index in [0.717, 1.165) is 5.56 Å². The lowest BCUT2D eigenvalue weighted by Gasteiger charge is -2.33. The predicted molar refractivity (Wildman–Crippen MR) is 89.3 cm³/mol. The normalized spacial score (nSPS) is 19.8. The minimum absolute atomic E-state index is 0.0118. The van der Waals surface area contributed by atoms with E-state index in [1.54, 1.807) is 31.2 Å². The fourth-order valence-electron chi connectivity index (χ4n) is 2.65. The maximum absolute atomic E-state index is 12.5. The number of benzene rings is 1. The van der Waals surface area contributed by atoms with E-state index in [-0.39, 0.29) is 30.1 Å². The third-order valence-corrected chi connectivity index (χ3v) is 5.74. The van der Waals surface area contributed by atoms with Crippen molar-refractivity contribution >= 4 is 27.3 Å². The number of ether oxygens (including phenoxy) is 1. The van der Waals surface area contributed by atoms with Crippen molar-refractivity contribution in [3.8, 4) is 5.75 Å². The lowest BCUT2D eigenvalue weighted by atomic mass is 10.2. The van der Waals surface area contributed by atoms with Crippen molar-refractivity contribution in [1.29, 1.82) is 0 Å². The summed E-state index contributed by atoms with van der Waals surface area (Å²) in [5, 5.41) is 3.49. The number of carbonyl (C=O) groups is 1.